The van der Waals surface area contributed by atoms with Crippen LogP contribution in [-0.2, 0) is 6.54 Å². The molecule has 3 aromatic rings. The van der Waals surface area contributed by atoms with Crippen LogP contribution in [0.15, 0.2) is 36.7 Å². The van der Waals surface area contributed by atoms with E-state index in [-0.39, 0.29) is 0 Å². The van der Waals surface area contributed by atoms with Crippen molar-refractivity contribution in [2.45, 2.75) is 76.9 Å². The molecule has 3 heterocycles. The van der Waals surface area contributed by atoms with Gasteiger partial charge in [0.15, 0.2) is 0 Å². The monoisotopic (exact) mass is 486 g/mol. The smallest absolute Gasteiger partial charge is 0.224 e. The molecule has 1 N–H and O–H groups in total. The van der Waals surface area contributed by atoms with E-state index in [9.17, 15) is 0 Å². The van der Waals surface area contributed by atoms with Gasteiger partial charge in [-0.05, 0) is 50.3 Å². The summed E-state index contributed by atoms with van der Waals surface area (Å²) in [6, 6.07) is 10.2. The van der Waals surface area contributed by atoms with Crippen LogP contribution in [0.1, 0.15) is 69.9 Å². The molecule has 6 heteroatoms. The number of anilines is 1. The highest BCUT2D eigenvalue weighted by molar-refractivity contribution is 5.94. The van der Waals surface area contributed by atoms with Crippen LogP contribution in [-0.4, -0.2) is 63.6 Å². The van der Waals surface area contributed by atoms with Gasteiger partial charge in [-0.25, -0.2) is 4.98 Å². The zero-order valence-electron chi connectivity index (χ0n) is 22.1. The van der Waals surface area contributed by atoms with Crippen molar-refractivity contribution < 1.29 is 0 Å². The fourth-order valence-electron chi connectivity index (χ4n) is 6.15. The number of nitrogens with zero attached hydrogens (tertiary/aromatic N) is 5. The highest BCUT2D eigenvalue weighted by atomic mass is 15.2. The zero-order chi connectivity index (χ0) is 24.5. The Labute approximate surface area is 216 Å². The molecule has 3 aliphatic rings. The summed E-state index contributed by atoms with van der Waals surface area (Å²) in [5.41, 5.74) is 5.02. The Morgan fingerprint density at radius 1 is 0.972 bits per heavy atom. The fraction of sp³-hybridized carbons (Fsp3) is 0.600. The molecule has 1 aliphatic heterocycles. The van der Waals surface area contributed by atoms with Crippen molar-refractivity contribution in [3.8, 4) is 11.1 Å². The maximum atomic E-state index is 5.10. The Bertz CT molecular complexity index is 1150. The Hall–Kier alpha value is -2.44. The second-order valence-electron chi connectivity index (χ2n) is 11.7. The number of likely N-dealkylation sites (N-methyl/N-ethyl adjacent to an activating group) is 1. The number of fused-ring (bicyclic) bond motifs is 1. The molecule has 1 atom stereocenters. The molecule has 2 saturated carbocycles. The van der Waals surface area contributed by atoms with Crippen molar-refractivity contribution in [1.82, 2.24) is 24.3 Å². The van der Waals surface area contributed by atoms with Gasteiger partial charge >= 0.3 is 0 Å². The summed E-state index contributed by atoms with van der Waals surface area (Å²) in [5, 5.41) is 4.76. The molecule has 36 heavy (non-hydrogen) atoms. The van der Waals surface area contributed by atoms with Gasteiger partial charge in [-0.2, -0.15) is 4.98 Å². The molecule has 2 aromatic heterocycles. The quantitative estimate of drug-likeness (QED) is 0.426. The van der Waals surface area contributed by atoms with E-state index in [1.807, 2.05) is 0 Å². The van der Waals surface area contributed by atoms with Gasteiger partial charge in [0, 0.05) is 68.2 Å². The third-order valence-corrected chi connectivity index (χ3v) is 8.57. The van der Waals surface area contributed by atoms with Crippen LogP contribution in [0.5, 0.6) is 0 Å². The van der Waals surface area contributed by atoms with Crippen LogP contribution >= 0.6 is 0 Å². The first kappa shape index (κ1) is 23.9. The minimum absolute atomic E-state index is 0.417. The van der Waals surface area contributed by atoms with Crippen molar-refractivity contribution in [3.05, 3.63) is 42.2 Å². The molecule has 6 rings (SSSR count). The SMILES string of the molecule is CC(CC1CC1)Nc1ncc2c(-c3ccc(CN4CCN(C)CC4)cc3)cn(C3CCCCC3)c2n1. The van der Waals surface area contributed by atoms with Gasteiger partial charge in [0.2, 0.25) is 5.95 Å². The first-order valence-electron chi connectivity index (χ1n) is 14.3. The molecule has 0 radical (unpaired) electrons. The van der Waals surface area contributed by atoms with Crippen LogP contribution in [0.4, 0.5) is 5.95 Å². The lowest BCUT2D eigenvalue weighted by Gasteiger charge is -2.32. The van der Waals surface area contributed by atoms with Gasteiger partial charge in [0.05, 0.1) is 0 Å². The first-order chi connectivity index (χ1) is 17.6. The Balaban J connectivity index is 1.26. The summed E-state index contributed by atoms with van der Waals surface area (Å²) in [6.45, 7) is 7.93. The van der Waals surface area contributed by atoms with Crippen LogP contribution in [0.3, 0.4) is 0 Å². The summed E-state index contributed by atoms with van der Waals surface area (Å²) in [6.07, 6.45) is 14.9. The Morgan fingerprint density at radius 3 is 2.44 bits per heavy atom. The lowest BCUT2D eigenvalue weighted by Crippen LogP contribution is -2.43. The predicted octanol–water partition coefficient (Wildman–Crippen LogP) is 5.95. The number of hydrogen-bond acceptors (Lipinski definition) is 5. The van der Waals surface area contributed by atoms with Crippen LogP contribution in [0, 0.1) is 5.92 Å². The highest BCUT2D eigenvalue weighted by Gasteiger charge is 2.25. The molecule has 3 fully saturated rings. The molecular formula is C30H42N6. The van der Waals surface area contributed by atoms with Crippen molar-refractivity contribution >= 4 is 17.0 Å². The molecule has 2 aliphatic carbocycles. The summed E-state index contributed by atoms with van der Waals surface area (Å²) >= 11 is 0. The Kier molecular flexibility index (Phi) is 6.98. The van der Waals surface area contributed by atoms with Gasteiger partial charge in [-0.15, -0.1) is 0 Å². The van der Waals surface area contributed by atoms with Crippen LogP contribution in [0.2, 0.25) is 0 Å². The van der Waals surface area contributed by atoms with E-state index in [1.54, 1.807) is 0 Å². The minimum Gasteiger partial charge on any atom is -0.352 e. The summed E-state index contributed by atoms with van der Waals surface area (Å²) in [4.78, 5) is 14.9. The lowest BCUT2D eigenvalue weighted by atomic mass is 9.95. The number of nitrogens with one attached hydrogen (secondary N) is 1. The van der Waals surface area contributed by atoms with Crippen molar-refractivity contribution in [2.75, 3.05) is 38.5 Å². The van der Waals surface area contributed by atoms with E-state index >= 15 is 0 Å². The highest BCUT2D eigenvalue weighted by Crippen LogP contribution is 2.37. The molecule has 1 saturated heterocycles. The van der Waals surface area contributed by atoms with E-state index in [1.165, 1.54) is 73.4 Å². The van der Waals surface area contributed by atoms with Gasteiger partial charge in [-0.3, -0.25) is 4.90 Å². The van der Waals surface area contributed by atoms with Crippen molar-refractivity contribution in [2.24, 2.45) is 5.92 Å². The summed E-state index contributed by atoms with van der Waals surface area (Å²) < 4.78 is 2.47. The summed E-state index contributed by atoms with van der Waals surface area (Å²) in [7, 11) is 2.22. The average Bonchev–Trinajstić information content (AvgIpc) is 3.63. The molecule has 192 valence electrons. The average molecular weight is 487 g/mol. The topological polar surface area (TPSA) is 49.2 Å². The molecule has 0 bridgehead atoms. The zero-order valence-corrected chi connectivity index (χ0v) is 22.1. The molecule has 1 unspecified atom stereocenters. The van der Waals surface area contributed by atoms with E-state index in [4.69, 9.17) is 9.97 Å². The second-order valence-corrected chi connectivity index (χ2v) is 11.7. The number of benzene rings is 1. The lowest BCUT2D eigenvalue weighted by molar-refractivity contribution is 0.148. The van der Waals surface area contributed by atoms with Crippen LogP contribution < -0.4 is 5.32 Å². The normalized spacial score (nSPS) is 21.2. The van der Waals surface area contributed by atoms with E-state index in [2.05, 4.69) is 70.3 Å². The van der Waals surface area contributed by atoms with E-state index < -0.39 is 0 Å². The first-order valence-corrected chi connectivity index (χ1v) is 14.3. The van der Waals surface area contributed by atoms with Gasteiger partial charge < -0.3 is 14.8 Å². The standard InChI is InChI=1S/C30H42N6/c1-22(18-23-8-9-23)32-30-31-19-27-28(21-36(29(27)33-30)26-6-4-3-5-7-26)25-12-10-24(11-13-25)20-35-16-14-34(2)15-17-35/h10-13,19,21-23,26H,3-9,14-18,20H2,1-2H3,(H,31,32,33). The summed E-state index contributed by atoms with van der Waals surface area (Å²) in [5.74, 6) is 1.67. The molecule has 6 nitrogen and oxygen atoms in total. The maximum Gasteiger partial charge on any atom is 0.224 e. The van der Waals surface area contributed by atoms with Crippen LogP contribution in [0.25, 0.3) is 22.2 Å². The number of piperazine rings is 1. The number of aromatic nitrogens is 3. The maximum absolute atomic E-state index is 5.10. The van der Waals surface area contributed by atoms with Gasteiger partial charge in [-0.1, -0.05) is 56.4 Å². The second kappa shape index (κ2) is 10.5. The fourth-order valence-corrected chi connectivity index (χ4v) is 6.15. The Morgan fingerprint density at radius 2 is 1.72 bits per heavy atom. The molecule has 1 aromatic carbocycles. The molecule has 0 amide bonds. The molecular weight excluding hydrogens is 444 g/mol. The predicted molar refractivity (Wildman–Crippen MR) is 148 cm³/mol. The number of rotatable bonds is 8. The molecule has 0 spiro atoms. The van der Waals surface area contributed by atoms with E-state index in [0.717, 1.165) is 50.2 Å². The van der Waals surface area contributed by atoms with Crippen molar-refractivity contribution in [3.63, 3.8) is 0 Å². The minimum atomic E-state index is 0.417. The largest absolute Gasteiger partial charge is 0.352 e. The van der Waals surface area contributed by atoms with E-state index in [0.29, 0.717) is 12.1 Å². The van der Waals surface area contributed by atoms with Crippen molar-refractivity contribution in [1.29, 1.82) is 0 Å². The van der Waals surface area contributed by atoms with Gasteiger partial charge in [0.1, 0.15) is 5.65 Å². The number of hydrogen-bond donors (Lipinski definition) is 1. The third-order valence-electron chi connectivity index (χ3n) is 8.57. The van der Waals surface area contributed by atoms with Gasteiger partial charge in [0.25, 0.3) is 0 Å². The third kappa shape index (κ3) is 5.45.